The summed E-state index contributed by atoms with van der Waals surface area (Å²) >= 11 is 0. The zero-order valence-electron chi connectivity index (χ0n) is 15.7. The van der Waals surface area contributed by atoms with Crippen LogP contribution in [0.3, 0.4) is 0 Å². The third-order valence-corrected chi connectivity index (χ3v) is 13.6. The highest BCUT2D eigenvalue weighted by molar-refractivity contribution is 7.00. The quantitative estimate of drug-likeness (QED) is 0.366. The molecule has 0 unspecified atom stereocenters. The van der Waals surface area contributed by atoms with Crippen molar-refractivity contribution in [3.63, 3.8) is 0 Å². The van der Waals surface area contributed by atoms with Crippen LogP contribution in [0.15, 0.2) is 110 Å². The average molecular weight is 375 g/mol. The van der Waals surface area contributed by atoms with E-state index in [0.717, 1.165) is 12.1 Å². The lowest BCUT2D eigenvalue weighted by Gasteiger charge is -2.27. The van der Waals surface area contributed by atoms with Crippen molar-refractivity contribution >= 4 is 26.5 Å². The summed E-state index contributed by atoms with van der Waals surface area (Å²) in [4.78, 5) is 0. The van der Waals surface area contributed by atoms with Gasteiger partial charge in [-0.1, -0.05) is 107 Å². The molecule has 0 saturated carbocycles. The van der Waals surface area contributed by atoms with Crippen molar-refractivity contribution in [2.45, 2.75) is 24.9 Å². The zero-order valence-corrected chi connectivity index (χ0v) is 17.7. The highest BCUT2D eigenvalue weighted by Crippen LogP contribution is 2.22. The van der Waals surface area contributed by atoms with Gasteiger partial charge in [0.25, 0.3) is 0 Å². The number of hydrogen-bond acceptors (Lipinski definition) is 0. The van der Waals surface area contributed by atoms with Crippen LogP contribution in [0, 0.1) is 0 Å². The van der Waals surface area contributed by atoms with Crippen LogP contribution < -0.4 is 10.4 Å². The summed E-state index contributed by atoms with van der Waals surface area (Å²) in [6.45, 7) is 16.6. The van der Waals surface area contributed by atoms with Gasteiger partial charge in [0.2, 0.25) is 0 Å². The van der Waals surface area contributed by atoms with Gasteiger partial charge in [0.1, 0.15) is 16.1 Å². The van der Waals surface area contributed by atoms with E-state index in [-0.39, 0.29) is 0 Å². The normalized spacial score (nSPS) is 11.5. The molecule has 0 aliphatic rings. The molecule has 0 nitrogen and oxygen atoms in total. The highest BCUT2D eigenvalue weighted by Gasteiger charge is 2.30. The van der Waals surface area contributed by atoms with E-state index in [1.807, 2.05) is 0 Å². The highest BCUT2D eigenvalue weighted by atomic mass is 28.3. The minimum atomic E-state index is -1.82. The Bertz CT molecular complexity index is 650. The molecule has 134 valence electrons. The molecule has 2 aromatic carbocycles. The molecule has 0 bridgehead atoms. The molecule has 0 fully saturated rings. The molecule has 0 radical (unpaired) electrons. The second-order valence-corrected chi connectivity index (χ2v) is 14.8. The van der Waals surface area contributed by atoms with E-state index in [1.165, 1.54) is 23.2 Å². The topological polar surface area (TPSA) is 0 Å². The summed E-state index contributed by atoms with van der Waals surface area (Å²) in [7, 11) is -3.65. The van der Waals surface area contributed by atoms with Crippen molar-refractivity contribution in [2.24, 2.45) is 0 Å². The second kappa shape index (κ2) is 9.51. The van der Waals surface area contributed by atoms with Crippen LogP contribution in [0.2, 0.25) is 12.1 Å². The number of unbranched alkanes of at least 4 members (excludes halogenated alkanes) is 1. The van der Waals surface area contributed by atoms with Gasteiger partial charge >= 0.3 is 0 Å². The lowest BCUT2D eigenvalue weighted by molar-refractivity contribution is 0.863. The van der Waals surface area contributed by atoms with Gasteiger partial charge in [-0.25, -0.2) is 0 Å². The maximum absolute atomic E-state index is 4.15. The molecule has 0 heterocycles. The zero-order chi connectivity index (χ0) is 18.9. The van der Waals surface area contributed by atoms with E-state index in [9.17, 15) is 0 Å². The van der Waals surface area contributed by atoms with Crippen LogP contribution >= 0.6 is 0 Å². The number of rotatable bonds is 11. The number of hydrogen-bond donors (Lipinski definition) is 0. The molecule has 2 aromatic rings. The van der Waals surface area contributed by atoms with Crippen molar-refractivity contribution in [3.05, 3.63) is 110 Å². The molecule has 0 N–H and O–H groups in total. The minimum absolute atomic E-state index is 1.16. The van der Waals surface area contributed by atoms with Crippen molar-refractivity contribution in [1.82, 2.24) is 0 Å². The van der Waals surface area contributed by atoms with Gasteiger partial charge in [-0.2, -0.15) is 0 Å². The van der Waals surface area contributed by atoms with Gasteiger partial charge in [0, 0.05) is 0 Å². The van der Waals surface area contributed by atoms with E-state index in [0.29, 0.717) is 0 Å². The van der Waals surface area contributed by atoms with E-state index in [2.05, 4.69) is 110 Å². The Morgan fingerprint density at radius 2 is 0.846 bits per heavy atom. The van der Waals surface area contributed by atoms with Crippen molar-refractivity contribution in [1.29, 1.82) is 0 Å². The molecule has 0 spiro atoms. The predicted molar refractivity (Wildman–Crippen MR) is 123 cm³/mol. The van der Waals surface area contributed by atoms with Crippen LogP contribution in [-0.4, -0.2) is 16.1 Å². The van der Waals surface area contributed by atoms with Gasteiger partial charge in [0.15, 0.2) is 0 Å². The molecule has 26 heavy (non-hydrogen) atoms. The average Bonchev–Trinajstić information content (AvgIpc) is 2.73. The van der Waals surface area contributed by atoms with Gasteiger partial charge in [0.05, 0.1) is 0 Å². The van der Waals surface area contributed by atoms with Crippen LogP contribution in [-0.2, 0) is 0 Å². The Balaban J connectivity index is 2.08. The molecule has 0 aliphatic heterocycles. The summed E-state index contributed by atoms with van der Waals surface area (Å²) in [6, 6.07) is 23.9. The minimum Gasteiger partial charge on any atom is -0.106 e. The molecule has 0 atom stereocenters. The fourth-order valence-corrected chi connectivity index (χ4v) is 9.63. The van der Waals surface area contributed by atoms with E-state index >= 15 is 0 Å². The SMILES string of the molecule is C=C[Si](C=C)(CCCC[Si](C=C)(C=C)c1ccccc1)c1ccccc1. The third-order valence-electron chi connectivity index (χ3n) is 5.51. The van der Waals surface area contributed by atoms with Crippen molar-refractivity contribution in [3.8, 4) is 0 Å². The molecule has 2 heteroatoms. The van der Waals surface area contributed by atoms with Crippen LogP contribution in [0.4, 0.5) is 0 Å². The first-order chi connectivity index (χ1) is 12.7. The third kappa shape index (κ3) is 4.32. The van der Waals surface area contributed by atoms with E-state index in [1.54, 1.807) is 0 Å². The largest absolute Gasteiger partial charge is 0.132 e. The van der Waals surface area contributed by atoms with Crippen LogP contribution in [0.5, 0.6) is 0 Å². The summed E-state index contributed by atoms with van der Waals surface area (Å²) < 4.78 is 0. The molecular formula is C24H30Si2. The molecular weight excluding hydrogens is 344 g/mol. The van der Waals surface area contributed by atoms with Gasteiger partial charge < -0.3 is 0 Å². The fourth-order valence-electron chi connectivity index (χ4n) is 3.67. The first-order valence-corrected chi connectivity index (χ1v) is 14.0. The second-order valence-electron chi connectivity index (χ2n) is 6.84. The first kappa shape index (κ1) is 20.1. The molecule has 0 aliphatic carbocycles. The van der Waals surface area contributed by atoms with Gasteiger partial charge in [-0.15, -0.1) is 26.3 Å². The predicted octanol–water partition coefficient (Wildman–Crippen LogP) is 5.38. The summed E-state index contributed by atoms with van der Waals surface area (Å²) in [5.41, 5.74) is 8.72. The number of benzene rings is 2. The maximum Gasteiger partial charge on any atom is 0.132 e. The standard InChI is InChI=1S/C24H30Si2/c1-5-25(6-2,23-17-11-9-12-18-23)21-15-16-22-26(7-3,8-4)24-19-13-10-14-20-24/h5-14,17-20H,1-4,15-16,21-22H2. The Kier molecular flexibility index (Phi) is 7.37. The molecule has 0 aromatic heterocycles. The Hall–Kier alpha value is -2.17. The molecule has 0 saturated heterocycles. The smallest absolute Gasteiger partial charge is 0.106 e. The monoisotopic (exact) mass is 374 g/mol. The maximum atomic E-state index is 4.15. The first-order valence-electron chi connectivity index (χ1n) is 9.32. The van der Waals surface area contributed by atoms with E-state index in [4.69, 9.17) is 0 Å². The molecule has 0 amide bonds. The fraction of sp³-hybridized carbons (Fsp3) is 0.167. The van der Waals surface area contributed by atoms with E-state index < -0.39 is 16.1 Å². The summed E-state index contributed by atoms with van der Waals surface area (Å²) in [5.74, 6) is 0. The van der Waals surface area contributed by atoms with Crippen molar-refractivity contribution in [2.75, 3.05) is 0 Å². The molecule has 2 rings (SSSR count). The van der Waals surface area contributed by atoms with Gasteiger partial charge in [-0.05, 0) is 12.1 Å². The van der Waals surface area contributed by atoms with Crippen LogP contribution in [0.25, 0.3) is 0 Å². The van der Waals surface area contributed by atoms with Crippen molar-refractivity contribution < 1.29 is 0 Å². The Morgan fingerprint density at radius 1 is 0.538 bits per heavy atom. The van der Waals surface area contributed by atoms with Gasteiger partial charge in [-0.3, -0.25) is 0 Å². The summed E-state index contributed by atoms with van der Waals surface area (Å²) in [6.07, 6.45) is 2.37. The Labute approximate surface area is 161 Å². The summed E-state index contributed by atoms with van der Waals surface area (Å²) in [5, 5.41) is 2.81. The lowest BCUT2D eigenvalue weighted by Crippen LogP contribution is -2.45. The Morgan fingerprint density at radius 3 is 1.12 bits per heavy atom. The van der Waals surface area contributed by atoms with Crippen LogP contribution in [0.1, 0.15) is 12.8 Å². The lowest BCUT2D eigenvalue weighted by atomic mass is 10.4.